The van der Waals surface area contributed by atoms with Gasteiger partial charge in [0, 0.05) is 5.02 Å². The van der Waals surface area contributed by atoms with E-state index in [2.05, 4.69) is 5.32 Å². The molecule has 0 saturated heterocycles. The maximum atomic E-state index is 12.2. The van der Waals surface area contributed by atoms with E-state index in [1.54, 1.807) is 24.3 Å². The molecule has 1 N–H and O–H groups in total. The lowest BCUT2D eigenvalue weighted by Crippen LogP contribution is -2.30. The van der Waals surface area contributed by atoms with Gasteiger partial charge in [0.15, 0.2) is 6.10 Å². The van der Waals surface area contributed by atoms with Crippen LogP contribution >= 0.6 is 34.8 Å². The molecule has 0 aliphatic carbocycles. The SMILES string of the molecule is Cc1ccc(C(=O)O[C@@H](C)C(=O)Nc2c(Cl)cc(Cl)cc2Cl)cc1. The van der Waals surface area contributed by atoms with E-state index in [1.807, 2.05) is 6.92 Å². The molecule has 2 aromatic carbocycles. The lowest BCUT2D eigenvalue weighted by Gasteiger charge is -2.15. The van der Waals surface area contributed by atoms with Crippen LogP contribution in [0.1, 0.15) is 22.8 Å². The maximum Gasteiger partial charge on any atom is 0.338 e. The summed E-state index contributed by atoms with van der Waals surface area (Å²) in [5, 5.41) is 3.27. The second-order valence-electron chi connectivity index (χ2n) is 5.15. The van der Waals surface area contributed by atoms with Crippen LogP contribution in [0.3, 0.4) is 0 Å². The summed E-state index contributed by atoms with van der Waals surface area (Å²) in [6.07, 6.45) is -1.03. The van der Waals surface area contributed by atoms with Crippen LogP contribution in [0.2, 0.25) is 15.1 Å². The number of rotatable bonds is 4. The number of carbonyl (C=O) groups is 2. The Hall–Kier alpha value is -1.75. The number of nitrogens with one attached hydrogen (secondary N) is 1. The van der Waals surface area contributed by atoms with Gasteiger partial charge >= 0.3 is 5.97 Å². The number of carbonyl (C=O) groups excluding carboxylic acids is 2. The van der Waals surface area contributed by atoms with E-state index in [0.717, 1.165) is 5.56 Å². The highest BCUT2D eigenvalue weighted by atomic mass is 35.5. The Labute approximate surface area is 154 Å². The van der Waals surface area contributed by atoms with E-state index >= 15 is 0 Å². The van der Waals surface area contributed by atoms with Gasteiger partial charge in [-0.05, 0) is 38.1 Å². The van der Waals surface area contributed by atoms with Crippen LogP contribution in [-0.4, -0.2) is 18.0 Å². The fraction of sp³-hybridized carbons (Fsp3) is 0.176. The Kier molecular flexibility index (Phi) is 6.10. The fourth-order valence-corrected chi connectivity index (χ4v) is 2.77. The number of amides is 1. The van der Waals surface area contributed by atoms with Crippen LogP contribution in [0.5, 0.6) is 0 Å². The zero-order valence-corrected chi connectivity index (χ0v) is 15.2. The standard InChI is InChI=1S/C17H14Cl3NO3/c1-9-3-5-11(6-4-9)17(23)24-10(2)16(22)21-15-13(19)7-12(18)8-14(15)20/h3-8,10H,1-2H3,(H,21,22)/t10-/m0/s1. The first-order chi connectivity index (χ1) is 11.3. The van der Waals surface area contributed by atoms with Crippen molar-refractivity contribution in [1.82, 2.24) is 0 Å². The Morgan fingerprint density at radius 3 is 2.12 bits per heavy atom. The summed E-state index contributed by atoms with van der Waals surface area (Å²) in [4.78, 5) is 24.2. The number of halogens is 3. The second-order valence-corrected chi connectivity index (χ2v) is 6.40. The monoisotopic (exact) mass is 385 g/mol. The van der Waals surface area contributed by atoms with Crippen molar-refractivity contribution in [1.29, 1.82) is 0 Å². The molecule has 126 valence electrons. The molecule has 0 aliphatic rings. The molecule has 1 amide bonds. The van der Waals surface area contributed by atoms with Crippen molar-refractivity contribution < 1.29 is 14.3 Å². The molecular formula is C17H14Cl3NO3. The summed E-state index contributed by atoms with van der Waals surface area (Å²) in [5.41, 5.74) is 1.60. The molecular weight excluding hydrogens is 373 g/mol. The quantitative estimate of drug-likeness (QED) is 0.740. The van der Waals surface area contributed by atoms with Gasteiger partial charge < -0.3 is 10.1 Å². The Morgan fingerprint density at radius 1 is 1.04 bits per heavy atom. The molecule has 0 radical (unpaired) electrons. The summed E-state index contributed by atoms with van der Waals surface area (Å²) in [7, 11) is 0. The second kappa shape index (κ2) is 7.88. The zero-order valence-electron chi connectivity index (χ0n) is 12.9. The van der Waals surface area contributed by atoms with E-state index < -0.39 is 18.0 Å². The third-order valence-electron chi connectivity index (χ3n) is 3.20. The van der Waals surface area contributed by atoms with Crippen molar-refractivity contribution in [2.75, 3.05) is 5.32 Å². The number of hydrogen-bond acceptors (Lipinski definition) is 3. The van der Waals surface area contributed by atoms with E-state index in [9.17, 15) is 9.59 Å². The van der Waals surface area contributed by atoms with Crippen LogP contribution in [0.15, 0.2) is 36.4 Å². The number of benzene rings is 2. The van der Waals surface area contributed by atoms with E-state index in [-0.39, 0.29) is 15.7 Å². The Morgan fingerprint density at radius 2 is 1.58 bits per heavy atom. The minimum absolute atomic E-state index is 0.193. The zero-order chi connectivity index (χ0) is 17.9. The molecule has 7 heteroatoms. The number of anilines is 1. The van der Waals surface area contributed by atoms with Crippen LogP contribution in [-0.2, 0) is 9.53 Å². The van der Waals surface area contributed by atoms with Gasteiger partial charge in [0.2, 0.25) is 0 Å². The van der Waals surface area contributed by atoms with Gasteiger partial charge in [-0.1, -0.05) is 52.5 Å². The van der Waals surface area contributed by atoms with Gasteiger partial charge in [0.05, 0.1) is 21.3 Å². The molecule has 0 aliphatic heterocycles. The first kappa shape index (κ1) is 18.6. The van der Waals surface area contributed by atoms with Crippen LogP contribution in [0, 0.1) is 6.92 Å². The predicted octanol–water partition coefficient (Wildman–Crippen LogP) is 5.14. The third-order valence-corrected chi connectivity index (χ3v) is 4.01. The lowest BCUT2D eigenvalue weighted by molar-refractivity contribution is -0.123. The average molecular weight is 387 g/mol. The number of ether oxygens (including phenoxy) is 1. The van der Waals surface area contributed by atoms with Gasteiger partial charge in [0.1, 0.15) is 0 Å². The lowest BCUT2D eigenvalue weighted by atomic mass is 10.1. The number of aryl methyl sites for hydroxylation is 1. The van der Waals surface area contributed by atoms with Gasteiger partial charge in [-0.25, -0.2) is 4.79 Å². The molecule has 2 aromatic rings. The smallest absolute Gasteiger partial charge is 0.338 e. The van der Waals surface area contributed by atoms with Crippen LogP contribution in [0.4, 0.5) is 5.69 Å². The molecule has 0 saturated carbocycles. The highest BCUT2D eigenvalue weighted by Crippen LogP contribution is 2.33. The maximum absolute atomic E-state index is 12.2. The highest BCUT2D eigenvalue weighted by Gasteiger charge is 2.21. The summed E-state index contributed by atoms with van der Waals surface area (Å²) in [6, 6.07) is 9.74. The van der Waals surface area contributed by atoms with Crippen LogP contribution < -0.4 is 5.32 Å². The van der Waals surface area contributed by atoms with Gasteiger partial charge in [-0.2, -0.15) is 0 Å². The Balaban J connectivity index is 2.05. The fourth-order valence-electron chi connectivity index (χ4n) is 1.86. The topological polar surface area (TPSA) is 55.4 Å². The average Bonchev–Trinajstić information content (AvgIpc) is 2.51. The third kappa shape index (κ3) is 4.63. The minimum atomic E-state index is -1.03. The number of esters is 1. The normalized spacial score (nSPS) is 11.7. The Bertz CT molecular complexity index is 752. The van der Waals surface area contributed by atoms with Gasteiger partial charge in [-0.15, -0.1) is 0 Å². The van der Waals surface area contributed by atoms with Crippen molar-refractivity contribution in [3.05, 3.63) is 62.6 Å². The molecule has 0 spiro atoms. The van der Waals surface area contributed by atoms with E-state index in [1.165, 1.54) is 19.1 Å². The van der Waals surface area contributed by atoms with Crippen molar-refractivity contribution in [2.24, 2.45) is 0 Å². The molecule has 1 atom stereocenters. The molecule has 24 heavy (non-hydrogen) atoms. The van der Waals surface area contributed by atoms with Gasteiger partial charge in [-0.3, -0.25) is 4.79 Å². The summed E-state index contributed by atoms with van der Waals surface area (Å²) in [5.74, 6) is -1.15. The molecule has 0 fully saturated rings. The van der Waals surface area contributed by atoms with E-state index in [4.69, 9.17) is 39.5 Å². The molecule has 2 rings (SSSR count). The first-order valence-corrected chi connectivity index (χ1v) is 8.14. The van der Waals surface area contributed by atoms with Crippen LogP contribution in [0.25, 0.3) is 0 Å². The molecule has 0 aromatic heterocycles. The van der Waals surface area contributed by atoms with Crippen molar-refractivity contribution in [3.8, 4) is 0 Å². The summed E-state index contributed by atoms with van der Waals surface area (Å²) >= 11 is 17.8. The van der Waals surface area contributed by atoms with Crippen molar-refractivity contribution in [2.45, 2.75) is 20.0 Å². The highest BCUT2D eigenvalue weighted by molar-refractivity contribution is 6.42. The largest absolute Gasteiger partial charge is 0.449 e. The summed E-state index contributed by atoms with van der Waals surface area (Å²) < 4.78 is 5.15. The van der Waals surface area contributed by atoms with E-state index in [0.29, 0.717) is 10.6 Å². The molecule has 0 unspecified atom stereocenters. The van der Waals surface area contributed by atoms with Crippen molar-refractivity contribution in [3.63, 3.8) is 0 Å². The first-order valence-electron chi connectivity index (χ1n) is 7.01. The van der Waals surface area contributed by atoms with Gasteiger partial charge in [0.25, 0.3) is 5.91 Å². The predicted molar refractivity (Wildman–Crippen MR) is 96.2 cm³/mol. The number of hydrogen-bond donors (Lipinski definition) is 1. The molecule has 0 heterocycles. The molecule has 0 bridgehead atoms. The summed E-state index contributed by atoms with van der Waals surface area (Å²) in [6.45, 7) is 3.37. The minimum Gasteiger partial charge on any atom is -0.449 e. The van der Waals surface area contributed by atoms with Crippen molar-refractivity contribution >= 4 is 52.4 Å². The molecule has 4 nitrogen and oxygen atoms in total.